The van der Waals surface area contributed by atoms with Gasteiger partial charge in [-0.2, -0.15) is 0 Å². The summed E-state index contributed by atoms with van der Waals surface area (Å²) < 4.78 is 0. The first-order valence-corrected chi connectivity index (χ1v) is 5.82. The van der Waals surface area contributed by atoms with Crippen molar-refractivity contribution in [3.05, 3.63) is 65.7 Å². The molecule has 0 radical (unpaired) electrons. The van der Waals surface area contributed by atoms with Crippen molar-refractivity contribution >= 4 is 0 Å². The molecular weight excluding hydrogens is 210 g/mol. The fourth-order valence-corrected chi connectivity index (χ4v) is 1.95. The molecule has 1 atom stereocenters. The van der Waals surface area contributed by atoms with Crippen LogP contribution < -0.4 is 5.73 Å². The number of phenols is 1. The highest BCUT2D eigenvalue weighted by Crippen LogP contribution is 2.17. The van der Waals surface area contributed by atoms with Crippen molar-refractivity contribution in [1.82, 2.24) is 0 Å². The topological polar surface area (TPSA) is 46.2 Å². The van der Waals surface area contributed by atoms with Gasteiger partial charge in [-0.25, -0.2) is 0 Å². The van der Waals surface area contributed by atoms with E-state index >= 15 is 0 Å². The number of hydrogen-bond acceptors (Lipinski definition) is 2. The van der Waals surface area contributed by atoms with E-state index in [-0.39, 0.29) is 6.04 Å². The summed E-state index contributed by atoms with van der Waals surface area (Å²) in [5.41, 5.74) is 8.24. The van der Waals surface area contributed by atoms with Gasteiger partial charge in [-0.15, -0.1) is 0 Å². The van der Waals surface area contributed by atoms with Crippen molar-refractivity contribution in [1.29, 1.82) is 0 Å². The summed E-state index contributed by atoms with van der Waals surface area (Å²) in [6.07, 6.45) is 1.52. The van der Waals surface area contributed by atoms with Crippen molar-refractivity contribution < 1.29 is 5.11 Å². The highest BCUT2D eigenvalue weighted by molar-refractivity contribution is 5.32. The zero-order valence-electron chi connectivity index (χ0n) is 9.71. The van der Waals surface area contributed by atoms with Crippen molar-refractivity contribution in [3.8, 4) is 5.75 Å². The van der Waals surface area contributed by atoms with E-state index in [1.54, 1.807) is 6.07 Å². The first-order valence-electron chi connectivity index (χ1n) is 5.82. The normalized spacial score (nSPS) is 12.3. The first-order chi connectivity index (χ1) is 8.25. The third kappa shape index (κ3) is 3.33. The molecular formula is C15H17NO. The average Bonchev–Trinajstić information content (AvgIpc) is 2.33. The van der Waals surface area contributed by atoms with Crippen LogP contribution in [0, 0.1) is 0 Å². The summed E-state index contributed by atoms with van der Waals surface area (Å²) >= 11 is 0. The minimum absolute atomic E-state index is 0.0331. The van der Waals surface area contributed by atoms with Gasteiger partial charge in [-0.3, -0.25) is 0 Å². The van der Waals surface area contributed by atoms with E-state index in [9.17, 15) is 5.11 Å². The van der Waals surface area contributed by atoms with E-state index in [0.717, 1.165) is 12.0 Å². The molecule has 0 fully saturated rings. The third-order valence-electron chi connectivity index (χ3n) is 2.81. The Labute approximate surface area is 102 Å². The summed E-state index contributed by atoms with van der Waals surface area (Å²) in [5, 5.41) is 9.67. The van der Waals surface area contributed by atoms with Gasteiger partial charge in [0.1, 0.15) is 5.75 Å². The molecule has 88 valence electrons. The molecule has 0 bridgehead atoms. The Kier molecular flexibility index (Phi) is 3.78. The molecule has 0 aliphatic rings. The number of aromatic hydroxyl groups is 1. The number of benzene rings is 2. The third-order valence-corrected chi connectivity index (χ3v) is 2.81. The number of nitrogens with two attached hydrogens (primary N) is 1. The van der Waals surface area contributed by atoms with E-state index in [1.165, 1.54) is 5.56 Å². The molecule has 2 rings (SSSR count). The molecule has 0 spiro atoms. The maximum Gasteiger partial charge on any atom is 0.118 e. The highest BCUT2D eigenvalue weighted by atomic mass is 16.3. The summed E-state index contributed by atoms with van der Waals surface area (Å²) in [4.78, 5) is 0. The Hall–Kier alpha value is -1.80. The van der Waals surface area contributed by atoms with Gasteiger partial charge >= 0.3 is 0 Å². The molecule has 0 amide bonds. The van der Waals surface area contributed by atoms with Crippen LogP contribution in [0.2, 0.25) is 0 Å². The van der Waals surface area contributed by atoms with Crippen LogP contribution in [-0.2, 0) is 12.8 Å². The van der Waals surface area contributed by atoms with Crippen molar-refractivity contribution in [2.24, 2.45) is 5.73 Å². The van der Waals surface area contributed by atoms with Gasteiger partial charge in [0.25, 0.3) is 0 Å². The molecule has 0 aliphatic carbocycles. The first kappa shape index (κ1) is 11.7. The van der Waals surface area contributed by atoms with E-state index in [2.05, 4.69) is 12.1 Å². The quantitative estimate of drug-likeness (QED) is 0.843. The Morgan fingerprint density at radius 1 is 0.882 bits per heavy atom. The lowest BCUT2D eigenvalue weighted by molar-refractivity contribution is 0.464. The monoisotopic (exact) mass is 227 g/mol. The number of rotatable bonds is 4. The average molecular weight is 227 g/mol. The van der Waals surface area contributed by atoms with Crippen LogP contribution in [0.25, 0.3) is 0 Å². The fourth-order valence-electron chi connectivity index (χ4n) is 1.95. The van der Waals surface area contributed by atoms with E-state index in [1.807, 2.05) is 36.4 Å². The van der Waals surface area contributed by atoms with Gasteiger partial charge in [0.2, 0.25) is 0 Å². The molecule has 0 saturated heterocycles. The van der Waals surface area contributed by atoms with Crippen LogP contribution in [0.5, 0.6) is 5.75 Å². The van der Waals surface area contributed by atoms with Crippen molar-refractivity contribution in [2.75, 3.05) is 0 Å². The zero-order valence-corrected chi connectivity index (χ0v) is 9.71. The molecule has 0 aliphatic heterocycles. The largest absolute Gasteiger partial charge is 0.508 e. The second kappa shape index (κ2) is 5.51. The van der Waals surface area contributed by atoms with Gasteiger partial charge in [0.05, 0.1) is 0 Å². The van der Waals surface area contributed by atoms with Gasteiger partial charge in [0, 0.05) is 6.04 Å². The predicted molar refractivity (Wildman–Crippen MR) is 69.9 cm³/mol. The SMILES string of the molecule is NC(Cc1ccccc1)Cc1ccccc1O. The minimum atomic E-state index is 0.0331. The highest BCUT2D eigenvalue weighted by Gasteiger charge is 2.07. The van der Waals surface area contributed by atoms with E-state index in [0.29, 0.717) is 12.2 Å². The number of para-hydroxylation sites is 1. The molecule has 3 N–H and O–H groups in total. The van der Waals surface area contributed by atoms with Crippen LogP contribution in [-0.4, -0.2) is 11.1 Å². The zero-order chi connectivity index (χ0) is 12.1. The van der Waals surface area contributed by atoms with Crippen molar-refractivity contribution in [2.45, 2.75) is 18.9 Å². The lowest BCUT2D eigenvalue weighted by Crippen LogP contribution is -2.25. The summed E-state index contributed by atoms with van der Waals surface area (Å²) in [6, 6.07) is 17.6. The maximum absolute atomic E-state index is 9.67. The smallest absolute Gasteiger partial charge is 0.118 e. The van der Waals surface area contributed by atoms with Crippen LogP contribution in [0.4, 0.5) is 0 Å². The van der Waals surface area contributed by atoms with Gasteiger partial charge < -0.3 is 10.8 Å². The molecule has 1 unspecified atom stereocenters. The molecule has 0 heterocycles. The molecule has 0 saturated carbocycles. The number of phenolic OH excluding ortho intramolecular Hbond substituents is 1. The van der Waals surface area contributed by atoms with Crippen LogP contribution in [0.1, 0.15) is 11.1 Å². The molecule has 0 aromatic heterocycles. The van der Waals surface area contributed by atoms with E-state index in [4.69, 9.17) is 5.73 Å². The van der Waals surface area contributed by atoms with Gasteiger partial charge in [-0.05, 0) is 30.0 Å². The lowest BCUT2D eigenvalue weighted by atomic mass is 9.99. The molecule has 17 heavy (non-hydrogen) atoms. The number of hydrogen-bond donors (Lipinski definition) is 2. The molecule has 2 heteroatoms. The minimum Gasteiger partial charge on any atom is -0.508 e. The Morgan fingerprint density at radius 3 is 2.24 bits per heavy atom. The molecule has 2 nitrogen and oxygen atoms in total. The van der Waals surface area contributed by atoms with Crippen LogP contribution in [0.15, 0.2) is 54.6 Å². The Morgan fingerprint density at radius 2 is 1.53 bits per heavy atom. The van der Waals surface area contributed by atoms with Crippen LogP contribution in [0.3, 0.4) is 0 Å². The summed E-state index contributed by atoms with van der Waals surface area (Å²) in [5.74, 6) is 0.330. The summed E-state index contributed by atoms with van der Waals surface area (Å²) in [6.45, 7) is 0. The van der Waals surface area contributed by atoms with Crippen molar-refractivity contribution in [3.63, 3.8) is 0 Å². The Bertz CT molecular complexity index is 467. The predicted octanol–water partition coefficient (Wildman–Crippen LogP) is 2.50. The lowest BCUT2D eigenvalue weighted by Gasteiger charge is -2.12. The molecule has 2 aromatic rings. The Balaban J connectivity index is 1.98. The fraction of sp³-hybridized carbons (Fsp3) is 0.200. The summed E-state index contributed by atoms with van der Waals surface area (Å²) in [7, 11) is 0. The molecule has 2 aromatic carbocycles. The second-order valence-corrected chi connectivity index (χ2v) is 4.28. The van der Waals surface area contributed by atoms with Gasteiger partial charge in [0.15, 0.2) is 0 Å². The van der Waals surface area contributed by atoms with Gasteiger partial charge in [-0.1, -0.05) is 48.5 Å². The standard InChI is InChI=1S/C15H17NO/c16-14(10-12-6-2-1-3-7-12)11-13-8-4-5-9-15(13)17/h1-9,14,17H,10-11,16H2. The maximum atomic E-state index is 9.67. The second-order valence-electron chi connectivity index (χ2n) is 4.28. The van der Waals surface area contributed by atoms with Crippen LogP contribution >= 0.6 is 0 Å². The van der Waals surface area contributed by atoms with E-state index < -0.39 is 0 Å².